The molecule has 64 valence electrons. The van der Waals surface area contributed by atoms with E-state index in [0.717, 1.165) is 6.42 Å². The second kappa shape index (κ2) is 2.71. The fraction of sp³-hybridized carbons (Fsp3) is 1.00. The number of fused-ring (bicyclic) bond motifs is 1. The van der Waals surface area contributed by atoms with Crippen LogP contribution >= 0.6 is 0 Å². The van der Waals surface area contributed by atoms with Crippen LogP contribution in [0, 0.1) is 5.92 Å². The van der Waals surface area contributed by atoms with Crippen LogP contribution in [0.2, 0.25) is 0 Å². The van der Waals surface area contributed by atoms with Crippen molar-refractivity contribution >= 4 is 0 Å². The SMILES string of the molecule is CO[C@H]1O[C@H]2OCC[C@H]2[C@@H]1O. The minimum Gasteiger partial charge on any atom is -0.387 e. The summed E-state index contributed by atoms with van der Waals surface area (Å²) >= 11 is 0. The average molecular weight is 160 g/mol. The summed E-state index contributed by atoms with van der Waals surface area (Å²) in [6.07, 6.45) is -0.390. The standard InChI is InChI=1S/C7H12O4/c1-9-7-5(8)4-2-3-10-6(4)11-7/h4-8H,2-3H2,1H3/t4-,5-,6+,7-/m0/s1. The molecule has 2 rings (SSSR count). The van der Waals surface area contributed by atoms with Gasteiger partial charge < -0.3 is 19.3 Å². The highest BCUT2D eigenvalue weighted by Crippen LogP contribution is 2.35. The predicted molar refractivity (Wildman–Crippen MR) is 35.7 cm³/mol. The molecule has 2 aliphatic rings. The first kappa shape index (κ1) is 7.49. The van der Waals surface area contributed by atoms with E-state index < -0.39 is 12.4 Å². The lowest BCUT2D eigenvalue weighted by Gasteiger charge is -2.13. The minimum atomic E-state index is -0.521. The molecule has 0 saturated carbocycles. The number of hydrogen-bond acceptors (Lipinski definition) is 4. The summed E-state index contributed by atoms with van der Waals surface area (Å²) < 4.78 is 15.4. The molecule has 4 nitrogen and oxygen atoms in total. The second-order valence-electron chi connectivity index (χ2n) is 2.92. The Labute approximate surface area is 65.1 Å². The number of rotatable bonds is 1. The molecule has 0 bridgehead atoms. The van der Waals surface area contributed by atoms with E-state index in [1.54, 1.807) is 0 Å². The quantitative estimate of drug-likeness (QED) is 0.572. The molecule has 11 heavy (non-hydrogen) atoms. The van der Waals surface area contributed by atoms with Crippen molar-refractivity contribution < 1.29 is 19.3 Å². The van der Waals surface area contributed by atoms with Crippen molar-refractivity contribution in [2.24, 2.45) is 5.92 Å². The molecule has 2 saturated heterocycles. The van der Waals surface area contributed by atoms with E-state index in [-0.39, 0.29) is 12.2 Å². The van der Waals surface area contributed by atoms with Gasteiger partial charge in [-0.1, -0.05) is 0 Å². The van der Waals surface area contributed by atoms with E-state index in [1.165, 1.54) is 7.11 Å². The van der Waals surface area contributed by atoms with Crippen molar-refractivity contribution in [1.82, 2.24) is 0 Å². The maximum Gasteiger partial charge on any atom is 0.186 e. The second-order valence-corrected chi connectivity index (χ2v) is 2.92. The third-order valence-corrected chi connectivity index (χ3v) is 2.30. The van der Waals surface area contributed by atoms with Gasteiger partial charge in [-0.2, -0.15) is 0 Å². The van der Waals surface area contributed by atoms with Crippen LogP contribution in [-0.2, 0) is 14.2 Å². The van der Waals surface area contributed by atoms with Gasteiger partial charge in [-0.05, 0) is 6.42 Å². The highest BCUT2D eigenvalue weighted by Gasteiger charge is 2.47. The third-order valence-electron chi connectivity index (χ3n) is 2.30. The number of ether oxygens (including phenoxy) is 3. The first-order valence-corrected chi connectivity index (χ1v) is 3.81. The zero-order chi connectivity index (χ0) is 7.84. The zero-order valence-corrected chi connectivity index (χ0v) is 6.40. The molecule has 0 unspecified atom stereocenters. The highest BCUT2D eigenvalue weighted by molar-refractivity contribution is 4.85. The first-order valence-electron chi connectivity index (χ1n) is 3.81. The topological polar surface area (TPSA) is 47.9 Å². The van der Waals surface area contributed by atoms with Crippen LogP contribution in [0.5, 0.6) is 0 Å². The first-order chi connectivity index (χ1) is 5.33. The normalized spacial score (nSPS) is 49.6. The predicted octanol–water partition coefficient (Wildman–Crippen LogP) is -0.287. The van der Waals surface area contributed by atoms with Crippen molar-refractivity contribution in [3.05, 3.63) is 0 Å². The molecule has 0 aromatic heterocycles. The summed E-state index contributed by atoms with van der Waals surface area (Å²) in [7, 11) is 1.52. The molecular formula is C7H12O4. The summed E-state index contributed by atoms with van der Waals surface area (Å²) in [6, 6.07) is 0. The van der Waals surface area contributed by atoms with Gasteiger partial charge in [0.25, 0.3) is 0 Å². The Morgan fingerprint density at radius 2 is 2.36 bits per heavy atom. The van der Waals surface area contributed by atoms with E-state index in [2.05, 4.69) is 0 Å². The molecule has 4 atom stereocenters. The number of aliphatic hydroxyl groups is 1. The molecular weight excluding hydrogens is 148 g/mol. The maximum atomic E-state index is 9.53. The summed E-state index contributed by atoms with van der Waals surface area (Å²) in [4.78, 5) is 0. The number of hydrogen-bond donors (Lipinski definition) is 1. The number of methoxy groups -OCH3 is 1. The van der Waals surface area contributed by atoms with E-state index >= 15 is 0 Å². The van der Waals surface area contributed by atoms with Crippen LogP contribution in [0.3, 0.4) is 0 Å². The highest BCUT2D eigenvalue weighted by atomic mass is 16.8. The van der Waals surface area contributed by atoms with E-state index in [9.17, 15) is 5.11 Å². The fourth-order valence-corrected chi connectivity index (χ4v) is 1.66. The Bertz CT molecular complexity index is 149. The summed E-state index contributed by atoms with van der Waals surface area (Å²) in [5.74, 6) is 0.111. The minimum absolute atomic E-state index is 0.111. The van der Waals surface area contributed by atoms with Gasteiger partial charge in [0.2, 0.25) is 0 Å². The largest absolute Gasteiger partial charge is 0.387 e. The monoisotopic (exact) mass is 160 g/mol. The van der Waals surface area contributed by atoms with Crippen molar-refractivity contribution in [3.63, 3.8) is 0 Å². The van der Waals surface area contributed by atoms with Crippen LogP contribution in [-0.4, -0.2) is 37.5 Å². The molecule has 4 heteroatoms. The molecule has 2 heterocycles. The molecule has 0 aromatic rings. The molecule has 2 aliphatic heterocycles. The van der Waals surface area contributed by atoms with Gasteiger partial charge in [0.15, 0.2) is 12.6 Å². The van der Waals surface area contributed by atoms with Gasteiger partial charge in [-0.3, -0.25) is 0 Å². The lowest BCUT2D eigenvalue weighted by Crippen LogP contribution is -2.27. The van der Waals surface area contributed by atoms with Crippen molar-refractivity contribution in [1.29, 1.82) is 0 Å². The Morgan fingerprint density at radius 1 is 1.55 bits per heavy atom. The van der Waals surface area contributed by atoms with Gasteiger partial charge in [0, 0.05) is 13.0 Å². The van der Waals surface area contributed by atoms with Gasteiger partial charge in [-0.15, -0.1) is 0 Å². The zero-order valence-electron chi connectivity index (χ0n) is 6.40. The third kappa shape index (κ3) is 1.06. The molecule has 0 spiro atoms. The van der Waals surface area contributed by atoms with Crippen LogP contribution in [0.4, 0.5) is 0 Å². The lowest BCUT2D eigenvalue weighted by atomic mass is 10.0. The lowest BCUT2D eigenvalue weighted by molar-refractivity contribution is -0.201. The Kier molecular flexibility index (Phi) is 1.85. The van der Waals surface area contributed by atoms with Crippen molar-refractivity contribution in [2.75, 3.05) is 13.7 Å². The Balaban J connectivity index is 2.04. The van der Waals surface area contributed by atoms with Gasteiger partial charge in [0.1, 0.15) is 6.10 Å². The van der Waals surface area contributed by atoms with Crippen LogP contribution in [0.1, 0.15) is 6.42 Å². The van der Waals surface area contributed by atoms with Crippen molar-refractivity contribution in [2.45, 2.75) is 25.1 Å². The van der Waals surface area contributed by atoms with Gasteiger partial charge >= 0.3 is 0 Å². The molecule has 0 aromatic carbocycles. The van der Waals surface area contributed by atoms with Gasteiger partial charge in [-0.25, -0.2) is 0 Å². The van der Waals surface area contributed by atoms with E-state index in [1.807, 2.05) is 0 Å². The molecule has 2 fully saturated rings. The summed E-state index contributed by atoms with van der Waals surface area (Å²) in [5, 5.41) is 9.53. The van der Waals surface area contributed by atoms with Gasteiger partial charge in [0.05, 0.1) is 6.61 Å². The molecule has 1 N–H and O–H groups in total. The molecule has 0 amide bonds. The smallest absolute Gasteiger partial charge is 0.186 e. The fourth-order valence-electron chi connectivity index (χ4n) is 1.66. The molecule has 0 aliphatic carbocycles. The van der Waals surface area contributed by atoms with E-state index in [0.29, 0.717) is 6.61 Å². The average Bonchev–Trinajstić information content (AvgIpc) is 2.53. The molecule has 0 radical (unpaired) electrons. The summed E-state index contributed by atoms with van der Waals surface area (Å²) in [6.45, 7) is 0.683. The van der Waals surface area contributed by atoms with Crippen molar-refractivity contribution in [3.8, 4) is 0 Å². The van der Waals surface area contributed by atoms with E-state index in [4.69, 9.17) is 14.2 Å². The number of aliphatic hydroxyl groups excluding tert-OH is 1. The van der Waals surface area contributed by atoms with Crippen LogP contribution in [0.25, 0.3) is 0 Å². The Morgan fingerprint density at radius 3 is 3.00 bits per heavy atom. The van der Waals surface area contributed by atoms with Crippen LogP contribution in [0.15, 0.2) is 0 Å². The summed E-state index contributed by atoms with van der Waals surface area (Å²) in [5.41, 5.74) is 0. The maximum absolute atomic E-state index is 9.53. The van der Waals surface area contributed by atoms with Crippen LogP contribution < -0.4 is 0 Å². The Hall–Kier alpha value is -0.160.